The zero-order valence-corrected chi connectivity index (χ0v) is 13.7. The third kappa shape index (κ3) is 5.04. The van der Waals surface area contributed by atoms with Crippen molar-refractivity contribution in [1.29, 1.82) is 0 Å². The minimum absolute atomic E-state index is 0.0152. The minimum atomic E-state index is -0.787. The highest BCUT2D eigenvalue weighted by Gasteiger charge is 2.25. The van der Waals surface area contributed by atoms with E-state index >= 15 is 0 Å². The van der Waals surface area contributed by atoms with Crippen LogP contribution < -0.4 is 5.32 Å². The number of carbonyl (C=O) groups excluding carboxylic acids is 2. The molecule has 2 rings (SSSR count). The third-order valence-corrected chi connectivity index (χ3v) is 4.36. The number of nitrogens with one attached hydrogen (secondary N) is 1. The molecule has 1 aromatic rings. The molecule has 130 valence electrons. The van der Waals surface area contributed by atoms with Gasteiger partial charge in [-0.05, 0) is 24.3 Å². The highest BCUT2D eigenvalue weighted by Crippen LogP contribution is 2.27. The third-order valence-electron chi connectivity index (χ3n) is 4.36. The van der Waals surface area contributed by atoms with Gasteiger partial charge in [-0.1, -0.05) is 25.0 Å². The van der Waals surface area contributed by atoms with Crippen LogP contribution in [-0.2, 0) is 20.7 Å². The molecule has 1 fully saturated rings. The van der Waals surface area contributed by atoms with Crippen LogP contribution in [0.3, 0.4) is 0 Å². The van der Waals surface area contributed by atoms with E-state index < -0.39 is 16.9 Å². The second-order valence-electron chi connectivity index (χ2n) is 6.13. The van der Waals surface area contributed by atoms with Gasteiger partial charge in [0.2, 0.25) is 5.91 Å². The van der Waals surface area contributed by atoms with Crippen LogP contribution in [0.25, 0.3) is 0 Å². The van der Waals surface area contributed by atoms with E-state index in [0.29, 0.717) is 12.3 Å². The van der Waals surface area contributed by atoms with E-state index in [1.807, 2.05) is 0 Å². The van der Waals surface area contributed by atoms with Crippen LogP contribution in [0.5, 0.6) is 0 Å². The molecule has 0 unspecified atom stereocenters. The average molecular weight is 334 g/mol. The lowest BCUT2D eigenvalue weighted by Gasteiger charge is -2.18. The maximum absolute atomic E-state index is 12.2. The fourth-order valence-corrected chi connectivity index (χ4v) is 3.05. The van der Waals surface area contributed by atoms with Crippen LogP contribution in [0.1, 0.15) is 37.7 Å². The van der Waals surface area contributed by atoms with Gasteiger partial charge < -0.3 is 10.1 Å². The topological polar surface area (TPSA) is 98.5 Å². The maximum Gasteiger partial charge on any atom is 0.328 e. The molecule has 0 radical (unpaired) electrons. The lowest BCUT2D eigenvalue weighted by Crippen LogP contribution is -2.43. The number of non-ortho nitro benzene ring substituents is 1. The van der Waals surface area contributed by atoms with Crippen LogP contribution >= 0.6 is 0 Å². The molecule has 1 N–H and O–H groups in total. The number of esters is 1. The van der Waals surface area contributed by atoms with E-state index in [0.717, 1.165) is 31.2 Å². The molecule has 1 aromatic carbocycles. The second kappa shape index (κ2) is 8.42. The van der Waals surface area contributed by atoms with Crippen molar-refractivity contribution in [3.05, 3.63) is 39.9 Å². The Hall–Kier alpha value is -2.44. The first kappa shape index (κ1) is 17.9. The first-order valence-electron chi connectivity index (χ1n) is 8.10. The summed E-state index contributed by atoms with van der Waals surface area (Å²) in [4.78, 5) is 34.3. The van der Waals surface area contributed by atoms with Crippen LogP contribution in [0.15, 0.2) is 24.3 Å². The van der Waals surface area contributed by atoms with Gasteiger partial charge in [-0.3, -0.25) is 14.9 Å². The van der Waals surface area contributed by atoms with Gasteiger partial charge in [-0.15, -0.1) is 0 Å². The Labute approximate surface area is 140 Å². The molecule has 7 heteroatoms. The largest absolute Gasteiger partial charge is 0.467 e. The number of ether oxygens (including phenoxy) is 1. The predicted octanol–water partition coefficient (Wildman–Crippen LogP) is 2.38. The zero-order valence-electron chi connectivity index (χ0n) is 13.7. The number of benzene rings is 1. The number of nitro benzene ring substituents is 1. The molecule has 1 aliphatic rings. The zero-order chi connectivity index (χ0) is 17.5. The lowest BCUT2D eigenvalue weighted by molar-refractivity contribution is -0.384. The summed E-state index contributed by atoms with van der Waals surface area (Å²) < 4.78 is 4.76. The molecule has 0 spiro atoms. The van der Waals surface area contributed by atoms with Crippen molar-refractivity contribution in [2.75, 3.05) is 7.11 Å². The Morgan fingerprint density at radius 3 is 2.46 bits per heavy atom. The molecule has 1 amide bonds. The fraction of sp³-hybridized carbons (Fsp3) is 0.529. The van der Waals surface area contributed by atoms with Crippen molar-refractivity contribution >= 4 is 17.6 Å². The summed E-state index contributed by atoms with van der Waals surface area (Å²) in [5, 5.41) is 13.4. The lowest BCUT2D eigenvalue weighted by atomic mass is 10.0. The van der Waals surface area contributed by atoms with E-state index in [-0.39, 0.29) is 18.0 Å². The van der Waals surface area contributed by atoms with Gasteiger partial charge in [0.15, 0.2) is 0 Å². The highest BCUT2D eigenvalue weighted by atomic mass is 16.6. The summed E-state index contributed by atoms with van der Waals surface area (Å²) >= 11 is 0. The van der Waals surface area contributed by atoms with Crippen molar-refractivity contribution in [2.24, 2.45) is 5.92 Å². The summed E-state index contributed by atoms with van der Waals surface area (Å²) in [7, 11) is 1.27. The molecular weight excluding hydrogens is 312 g/mol. The van der Waals surface area contributed by atoms with Gasteiger partial charge in [0.25, 0.3) is 5.69 Å². The number of hydrogen-bond donors (Lipinski definition) is 1. The molecule has 1 aliphatic carbocycles. The molecule has 1 atom stereocenters. The quantitative estimate of drug-likeness (QED) is 0.469. The first-order valence-corrected chi connectivity index (χ1v) is 8.10. The monoisotopic (exact) mass is 334 g/mol. The summed E-state index contributed by atoms with van der Waals surface area (Å²) in [5.74, 6) is -0.282. The smallest absolute Gasteiger partial charge is 0.328 e. The van der Waals surface area contributed by atoms with Gasteiger partial charge >= 0.3 is 5.97 Å². The maximum atomic E-state index is 12.2. The van der Waals surface area contributed by atoms with Crippen LogP contribution in [0.2, 0.25) is 0 Å². The van der Waals surface area contributed by atoms with E-state index in [2.05, 4.69) is 5.32 Å². The van der Waals surface area contributed by atoms with Crippen LogP contribution in [-0.4, -0.2) is 30.0 Å². The van der Waals surface area contributed by atoms with Gasteiger partial charge in [-0.25, -0.2) is 4.79 Å². The van der Waals surface area contributed by atoms with Gasteiger partial charge in [0, 0.05) is 25.0 Å². The Balaban J connectivity index is 1.98. The molecule has 0 aliphatic heterocycles. The van der Waals surface area contributed by atoms with E-state index in [1.165, 1.54) is 19.2 Å². The number of amides is 1. The Morgan fingerprint density at radius 2 is 1.92 bits per heavy atom. The molecule has 0 saturated heterocycles. The van der Waals surface area contributed by atoms with E-state index in [1.54, 1.807) is 12.1 Å². The predicted molar refractivity (Wildman–Crippen MR) is 87.3 cm³/mol. The molecule has 0 heterocycles. The van der Waals surface area contributed by atoms with E-state index in [4.69, 9.17) is 4.74 Å². The average Bonchev–Trinajstić information content (AvgIpc) is 3.06. The second-order valence-corrected chi connectivity index (χ2v) is 6.13. The van der Waals surface area contributed by atoms with Crippen molar-refractivity contribution in [1.82, 2.24) is 5.32 Å². The van der Waals surface area contributed by atoms with Gasteiger partial charge in [0.1, 0.15) is 6.04 Å². The molecule has 24 heavy (non-hydrogen) atoms. The SMILES string of the molecule is COC(=O)[C@@H](Cc1ccc([N+](=O)[O-])cc1)NC(=O)CC1CCCC1. The van der Waals surface area contributed by atoms with Crippen molar-refractivity contribution in [3.63, 3.8) is 0 Å². The van der Waals surface area contributed by atoms with Gasteiger partial charge in [0.05, 0.1) is 12.0 Å². The fourth-order valence-electron chi connectivity index (χ4n) is 3.05. The molecule has 7 nitrogen and oxygen atoms in total. The number of methoxy groups -OCH3 is 1. The Morgan fingerprint density at radius 1 is 1.29 bits per heavy atom. The van der Waals surface area contributed by atoms with Crippen LogP contribution in [0, 0.1) is 16.0 Å². The molecule has 0 bridgehead atoms. The van der Waals surface area contributed by atoms with Crippen molar-refractivity contribution < 1.29 is 19.2 Å². The molecule has 0 aromatic heterocycles. The van der Waals surface area contributed by atoms with Crippen molar-refractivity contribution in [2.45, 2.75) is 44.6 Å². The number of hydrogen-bond acceptors (Lipinski definition) is 5. The van der Waals surface area contributed by atoms with E-state index in [9.17, 15) is 19.7 Å². The highest BCUT2D eigenvalue weighted by molar-refractivity contribution is 5.84. The number of carbonyl (C=O) groups is 2. The van der Waals surface area contributed by atoms with Crippen molar-refractivity contribution in [3.8, 4) is 0 Å². The minimum Gasteiger partial charge on any atom is -0.467 e. The standard InChI is InChI=1S/C17H22N2O5/c1-24-17(21)15(18-16(20)11-12-4-2-3-5-12)10-13-6-8-14(9-7-13)19(22)23/h6-9,12,15H,2-5,10-11H2,1H3,(H,18,20)/t15-/m1/s1. The number of rotatable bonds is 7. The number of nitrogens with zero attached hydrogens (tertiary/aromatic N) is 1. The summed E-state index contributed by atoms with van der Waals surface area (Å²) in [5.41, 5.74) is 0.704. The summed E-state index contributed by atoms with van der Waals surface area (Å²) in [6, 6.07) is 5.13. The Bertz CT molecular complexity index is 594. The molecular formula is C17H22N2O5. The summed E-state index contributed by atoms with van der Waals surface area (Å²) in [6.45, 7) is 0. The normalized spacial score (nSPS) is 15.7. The summed E-state index contributed by atoms with van der Waals surface area (Å²) in [6.07, 6.45) is 5.08. The molecule has 1 saturated carbocycles. The van der Waals surface area contributed by atoms with Crippen LogP contribution in [0.4, 0.5) is 5.69 Å². The Kier molecular flexibility index (Phi) is 6.28. The first-order chi connectivity index (χ1) is 11.5. The number of nitro groups is 1. The van der Waals surface area contributed by atoms with Gasteiger partial charge in [-0.2, -0.15) is 0 Å².